The third kappa shape index (κ3) is 5.58. The number of ether oxygens (including phenoxy) is 1. The first-order valence-corrected chi connectivity index (χ1v) is 13.1. The lowest BCUT2D eigenvalue weighted by Gasteiger charge is -2.39. The number of aliphatic hydroxyl groups is 1. The zero-order chi connectivity index (χ0) is 28.4. The van der Waals surface area contributed by atoms with E-state index in [1.807, 2.05) is 6.07 Å². The molecule has 12 heteroatoms. The lowest BCUT2D eigenvalue weighted by molar-refractivity contribution is -0.120. The summed E-state index contributed by atoms with van der Waals surface area (Å²) in [5.74, 6) is -1.18. The molecule has 1 saturated carbocycles. The monoisotopic (exact) mass is 551 g/mol. The van der Waals surface area contributed by atoms with Crippen molar-refractivity contribution in [1.82, 2.24) is 24.9 Å². The molecule has 0 bridgehead atoms. The summed E-state index contributed by atoms with van der Waals surface area (Å²) in [5, 5.41) is 19.6. The number of halogens is 2. The molecule has 0 saturated heterocycles. The van der Waals surface area contributed by atoms with E-state index in [1.54, 1.807) is 24.7 Å². The molecule has 1 amide bonds. The smallest absolute Gasteiger partial charge is 0.229 e. The molecule has 5 rings (SSSR count). The van der Waals surface area contributed by atoms with Crippen LogP contribution in [0, 0.1) is 17.6 Å². The number of fused-ring (bicyclic) bond motifs is 1. The van der Waals surface area contributed by atoms with Crippen molar-refractivity contribution in [3.05, 3.63) is 66.1 Å². The van der Waals surface area contributed by atoms with Crippen molar-refractivity contribution in [3.63, 3.8) is 0 Å². The number of imidazole rings is 1. The molecule has 0 spiro atoms. The number of carbonyl (C=O) groups is 1. The third-order valence-electron chi connectivity index (χ3n) is 7.21. The van der Waals surface area contributed by atoms with Crippen LogP contribution in [0.25, 0.3) is 16.8 Å². The van der Waals surface area contributed by atoms with Crippen LogP contribution >= 0.6 is 0 Å². The van der Waals surface area contributed by atoms with Crippen LogP contribution in [0.5, 0.6) is 5.75 Å². The van der Waals surface area contributed by atoms with Gasteiger partial charge in [0.15, 0.2) is 0 Å². The number of nitrogens with two attached hydrogens (primary N) is 1. The number of rotatable bonds is 8. The second-order valence-corrected chi connectivity index (χ2v) is 10.1. The van der Waals surface area contributed by atoms with Crippen LogP contribution in [0.2, 0.25) is 0 Å². The fourth-order valence-electron chi connectivity index (χ4n) is 5.46. The minimum atomic E-state index is -0.843. The lowest BCUT2D eigenvalue weighted by atomic mass is 9.73. The van der Waals surface area contributed by atoms with Gasteiger partial charge in [0.1, 0.15) is 24.0 Å². The molecule has 3 heterocycles. The van der Waals surface area contributed by atoms with Gasteiger partial charge in [-0.3, -0.25) is 9.78 Å². The van der Waals surface area contributed by atoms with Crippen LogP contribution in [-0.2, 0) is 4.79 Å². The Balaban J connectivity index is 1.43. The summed E-state index contributed by atoms with van der Waals surface area (Å²) in [7, 11) is 0. The van der Waals surface area contributed by atoms with Crippen molar-refractivity contribution in [2.45, 2.75) is 44.7 Å². The summed E-state index contributed by atoms with van der Waals surface area (Å²) < 4.78 is 36.4. The number of benzene rings is 1. The molecule has 0 aliphatic heterocycles. The van der Waals surface area contributed by atoms with Crippen molar-refractivity contribution in [1.29, 1.82) is 0 Å². The highest BCUT2D eigenvalue weighted by molar-refractivity contribution is 5.73. The Morgan fingerprint density at radius 1 is 1.20 bits per heavy atom. The van der Waals surface area contributed by atoms with E-state index in [1.165, 1.54) is 17.5 Å². The first kappa shape index (κ1) is 27.4. The molecule has 210 valence electrons. The van der Waals surface area contributed by atoms with Crippen LogP contribution in [-0.4, -0.2) is 55.9 Å². The highest BCUT2D eigenvalue weighted by atomic mass is 19.1. The summed E-state index contributed by atoms with van der Waals surface area (Å²) in [6.07, 6.45) is 6.51. The van der Waals surface area contributed by atoms with E-state index in [2.05, 4.69) is 32.6 Å². The molecule has 1 aliphatic rings. The first-order valence-electron chi connectivity index (χ1n) is 13.1. The Kier molecular flexibility index (Phi) is 7.90. The van der Waals surface area contributed by atoms with Gasteiger partial charge in [0, 0.05) is 37.3 Å². The number of anilines is 2. The van der Waals surface area contributed by atoms with Crippen LogP contribution in [0.3, 0.4) is 0 Å². The fraction of sp³-hybridized carbons (Fsp3) is 0.357. The Bertz CT molecular complexity index is 1490. The molecular weight excluding hydrogens is 520 g/mol. The van der Waals surface area contributed by atoms with Gasteiger partial charge in [-0.1, -0.05) is 6.92 Å². The molecular formula is C28H31F2N7O3. The van der Waals surface area contributed by atoms with Gasteiger partial charge in [0.2, 0.25) is 11.9 Å². The molecule has 0 radical (unpaired) electrons. The second-order valence-electron chi connectivity index (χ2n) is 10.1. The van der Waals surface area contributed by atoms with Crippen molar-refractivity contribution < 1.29 is 23.4 Å². The SMILES string of the molecule is CC(=O)N[C@@H]1[C@H](N)C[C@H](c2ccncc2Nc2ncc3ccc(-c4c(F)cc(OCCO)cc4F)nn23)C[C@@H]1C. The van der Waals surface area contributed by atoms with Crippen LogP contribution in [0.15, 0.2) is 48.9 Å². The summed E-state index contributed by atoms with van der Waals surface area (Å²) in [6, 6.07) is 6.93. The van der Waals surface area contributed by atoms with E-state index in [0.717, 1.165) is 24.1 Å². The van der Waals surface area contributed by atoms with Gasteiger partial charge in [-0.05, 0) is 48.4 Å². The van der Waals surface area contributed by atoms with Crippen molar-refractivity contribution >= 4 is 23.1 Å². The maximum absolute atomic E-state index is 14.9. The van der Waals surface area contributed by atoms with E-state index >= 15 is 0 Å². The highest BCUT2D eigenvalue weighted by Crippen LogP contribution is 2.39. The molecule has 10 nitrogen and oxygen atoms in total. The summed E-state index contributed by atoms with van der Waals surface area (Å²) in [4.78, 5) is 20.4. The average molecular weight is 552 g/mol. The Labute approximate surface area is 229 Å². The van der Waals surface area contributed by atoms with E-state index in [4.69, 9.17) is 15.6 Å². The zero-order valence-electron chi connectivity index (χ0n) is 22.1. The predicted molar refractivity (Wildman–Crippen MR) is 145 cm³/mol. The number of hydrogen-bond acceptors (Lipinski definition) is 8. The maximum atomic E-state index is 14.9. The van der Waals surface area contributed by atoms with Gasteiger partial charge in [-0.25, -0.2) is 13.8 Å². The molecule has 1 aromatic carbocycles. The molecule has 4 aromatic rings. The first-order chi connectivity index (χ1) is 19.2. The quantitative estimate of drug-likeness (QED) is 0.261. The minimum absolute atomic E-state index is 0.0249. The third-order valence-corrected chi connectivity index (χ3v) is 7.21. The highest BCUT2D eigenvalue weighted by Gasteiger charge is 2.35. The maximum Gasteiger partial charge on any atom is 0.229 e. The number of aromatic nitrogens is 4. The predicted octanol–water partition coefficient (Wildman–Crippen LogP) is 3.53. The van der Waals surface area contributed by atoms with E-state index in [0.29, 0.717) is 23.6 Å². The standard InChI is InChI=1S/C28H31F2N7O3/c1-15-9-17(10-23(31)27(15)34-16(2)39)20-5-6-32-14-25(20)35-28-33-13-18-3-4-24(36-37(18)28)26-21(29)11-19(12-22(26)30)40-8-7-38/h3-6,11-15,17,23,27,38H,7-10,31H2,1-2H3,(H,33,35)(H,34,39)/t15-,17+,23+,27-/m0/s1. The number of nitrogens with zero attached hydrogens (tertiary/aromatic N) is 4. The number of aliphatic hydroxyl groups excluding tert-OH is 1. The minimum Gasteiger partial charge on any atom is -0.491 e. The van der Waals surface area contributed by atoms with E-state index in [-0.39, 0.29) is 60.0 Å². The number of nitrogens with one attached hydrogen (secondary N) is 2. The Morgan fingerprint density at radius 2 is 1.98 bits per heavy atom. The molecule has 5 N–H and O–H groups in total. The van der Waals surface area contributed by atoms with Gasteiger partial charge < -0.3 is 26.2 Å². The number of carbonyl (C=O) groups excluding carboxylic acids is 1. The second kappa shape index (κ2) is 11.5. The van der Waals surface area contributed by atoms with Crippen LogP contribution in [0.4, 0.5) is 20.4 Å². The molecule has 1 aliphatic carbocycles. The topological polar surface area (TPSA) is 140 Å². The molecule has 3 aromatic heterocycles. The van der Waals surface area contributed by atoms with Gasteiger partial charge in [0.05, 0.1) is 41.5 Å². The summed E-state index contributed by atoms with van der Waals surface area (Å²) in [6.45, 7) is 3.22. The van der Waals surface area contributed by atoms with Crippen LogP contribution in [0.1, 0.15) is 38.2 Å². The van der Waals surface area contributed by atoms with E-state index in [9.17, 15) is 13.6 Å². The molecule has 40 heavy (non-hydrogen) atoms. The average Bonchev–Trinajstić information content (AvgIpc) is 3.31. The Hall–Kier alpha value is -4.16. The summed E-state index contributed by atoms with van der Waals surface area (Å²) in [5.41, 5.74) is 8.58. The zero-order valence-corrected chi connectivity index (χ0v) is 22.1. The fourth-order valence-corrected chi connectivity index (χ4v) is 5.46. The van der Waals surface area contributed by atoms with Gasteiger partial charge >= 0.3 is 0 Å². The number of pyridine rings is 1. The molecule has 1 fully saturated rings. The Morgan fingerprint density at radius 3 is 2.67 bits per heavy atom. The number of amides is 1. The lowest BCUT2D eigenvalue weighted by Crippen LogP contribution is -2.54. The van der Waals surface area contributed by atoms with Crippen molar-refractivity contribution in [3.8, 4) is 17.0 Å². The van der Waals surface area contributed by atoms with Crippen molar-refractivity contribution in [2.75, 3.05) is 18.5 Å². The van der Waals surface area contributed by atoms with Gasteiger partial charge in [-0.2, -0.15) is 9.61 Å². The molecule has 0 unspecified atom stereocenters. The van der Waals surface area contributed by atoms with E-state index < -0.39 is 11.6 Å². The van der Waals surface area contributed by atoms with Crippen LogP contribution < -0.4 is 21.1 Å². The summed E-state index contributed by atoms with van der Waals surface area (Å²) >= 11 is 0. The normalized spacial score (nSPS) is 20.9. The largest absolute Gasteiger partial charge is 0.491 e. The van der Waals surface area contributed by atoms with Crippen molar-refractivity contribution in [2.24, 2.45) is 11.7 Å². The molecule has 4 atom stereocenters. The van der Waals surface area contributed by atoms with Gasteiger partial charge in [-0.15, -0.1) is 0 Å². The number of hydrogen-bond donors (Lipinski definition) is 4. The van der Waals surface area contributed by atoms with Gasteiger partial charge in [0.25, 0.3) is 0 Å².